The van der Waals surface area contributed by atoms with Gasteiger partial charge in [0.25, 0.3) is 0 Å². The highest BCUT2D eigenvalue weighted by Gasteiger charge is 2.17. The second-order valence-corrected chi connectivity index (χ2v) is 6.73. The predicted octanol–water partition coefficient (Wildman–Crippen LogP) is 4.61. The summed E-state index contributed by atoms with van der Waals surface area (Å²) < 4.78 is 13.0. The maximum absolute atomic E-state index is 13.0. The van der Waals surface area contributed by atoms with Crippen molar-refractivity contribution in [3.8, 4) is 11.3 Å². The number of carbonyl (C=O) groups is 1. The lowest BCUT2D eigenvalue weighted by Gasteiger charge is -2.29. The van der Waals surface area contributed by atoms with Crippen LogP contribution in [0.25, 0.3) is 17.3 Å². The van der Waals surface area contributed by atoms with Gasteiger partial charge >= 0.3 is 0 Å². The van der Waals surface area contributed by atoms with Crippen molar-refractivity contribution in [3.63, 3.8) is 0 Å². The van der Waals surface area contributed by atoms with E-state index in [1.807, 2.05) is 38.0 Å². The second-order valence-electron chi connectivity index (χ2n) is 5.84. The summed E-state index contributed by atoms with van der Waals surface area (Å²) in [5.41, 5.74) is 1.64. The van der Waals surface area contributed by atoms with E-state index < -0.39 is 0 Å². The minimum Gasteiger partial charge on any atom is -0.334 e. The Labute approximate surface area is 140 Å². The largest absolute Gasteiger partial charge is 0.334 e. The van der Waals surface area contributed by atoms with Crippen LogP contribution in [0, 0.1) is 5.82 Å². The number of hydrogen-bond acceptors (Lipinski definition) is 3. The van der Waals surface area contributed by atoms with Crippen molar-refractivity contribution >= 4 is 23.3 Å². The van der Waals surface area contributed by atoms with E-state index in [9.17, 15) is 9.18 Å². The molecule has 3 nitrogen and oxygen atoms in total. The first-order valence-electron chi connectivity index (χ1n) is 7.60. The molecule has 122 valence electrons. The summed E-state index contributed by atoms with van der Waals surface area (Å²) in [6.07, 6.45) is 3.30. The average Bonchev–Trinajstić information content (AvgIpc) is 2.94. The molecule has 0 aliphatic carbocycles. The van der Waals surface area contributed by atoms with Crippen LogP contribution in [0.1, 0.15) is 32.7 Å². The van der Waals surface area contributed by atoms with Crippen LogP contribution in [0.2, 0.25) is 0 Å². The molecule has 0 spiro atoms. The molecule has 0 N–H and O–H groups in total. The van der Waals surface area contributed by atoms with Gasteiger partial charge in [-0.25, -0.2) is 9.37 Å². The monoisotopic (exact) mass is 332 g/mol. The topological polar surface area (TPSA) is 33.2 Å². The molecule has 0 fully saturated rings. The molecular weight excluding hydrogens is 311 g/mol. The summed E-state index contributed by atoms with van der Waals surface area (Å²) in [6.45, 7) is 8.01. The highest BCUT2D eigenvalue weighted by atomic mass is 32.1. The molecule has 0 saturated carbocycles. The first-order valence-corrected chi connectivity index (χ1v) is 8.48. The van der Waals surface area contributed by atoms with Gasteiger partial charge in [-0.2, -0.15) is 0 Å². The molecule has 1 aromatic carbocycles. The molecule has 1 heterocycles. The maximum atomic E-state index is 13.0. The highest BCUT2D eigenvalue weighted by Crippen LogP contribution is 2.23. The van der Waals surface area contributed by atoms with E-state index in [2.05, 4.69) is 4.98 Å². The van der Waals surface area contributed by atoms with Crippen molar-refractivity contribution in [2.75, 3.05) is 0 Å². The van der Waals surface area contributed by atoms with Gasteiger partial charge in [-0.1, -0.05) is 0 Å². The molecule has 1 aromatic heterocycles. The molecule has 0 radical (unpaired) electrons. The standard InChI is InChI=1S/C18H21FN2OS/c1-12(2)21(13(3)4)18(22)10-9-17-20-16(11-23-17)14-5-7-15(19)8-6-14/h5-13H,1-4H3/b10-9+. The lowest BCUT2D eigenvalue weighted by atomic mass is 10.2. The van der Waals surface area contributed by atoms with Crippen molar-refractivity contribution in [1.29, 1.82) is 0 Å². The zero-order valence-corrected chi connectivity index (χ0v) is 14.6. The molecule has 0 bridgehead atoms. The van der Waals surface area contributed by atoms with Crippen molar-refractivity contribution in [1.82, 2.24) is 9.88 Å². The Kier molecular flexibility index (Phi) is 5.66. The third-order valence-corrected chi connectivity index (χ3v) is 4.21. The number of carbonyl (C=O) groups excluding carboxylic acids is 1. The molecule has 2 rings (SSSR count). The van der Waals surface area contributed by atoms with Crippen LogP contribution in [-0.4, -0.2) is 27.9 Å². The number of rotatable bonds is 5. The summed E-state index contributed by atoms with van der Waals surface area (Å²) in [5, 5.41) is 2.66. The van der Waals surface area contributed by atoms with E-state index in [-0.39, 0.29) is 23.8 Å². The number of aromatic nitrogens is 1. The van der Waals surface area contributed by atoms with Gasteiger partial charge in [0.15, 0.2) is 0 Å². The van der Waals surface area contributed by atoms with E-state index in [0.29, 0.717) is 0 Å². The van der Waals surface area contributed by atoms with Crippen LogP contribution in [0.5, 0.6) is 0 Å². The number of amides is 1. The minimum absolute atomic E-state index is 0.0199. The lowest BCUT2D eigenvalue weighted by Crippen LogP contribution is -2.41. The normalized spacial score (nSPS) is 11.6. The quantitative estimate of drug-likeness (QED) is 0.749. The Morgan fingerprint density at radius 3 is 2.35 bits per heavy atom. The van der Waals surface area contributed by atoms with Crippen LogP contribution in [0.4, 0.5) is 4.39 Å². The molecule has 0 saturated heterocycles. The summed E-state index contributed by atoms with van der Waals surface area (Å²) in [4.78, 5) is 18.6. The van der Waals surface area contributed by atoms with E-state index in [4.69, 9.17) is 0 Å². The Morgan fingerprint density at radius 2 is 1.78 bits per heavy atom. The van der Waals surface area contributed by atoms with E-state index >= 15 is 0 Å². The van der Waals surface area contributed by atoms with Gasteiger partial charge in [0.2, 0.25) is 5.91 Å². The first kappa shape index (κ1) is 17.3. The van der Waals surface area contributed by atoms with Gasteiger partial charge in [0, 0.05) is 29.1 Å². The second kappa shape index (κ2) is 7.51. The van der Waals surface area contributed by atoms with Crippen LogP contribution < -0.4 is 0 Å². The average molecular weight is 332 g/mol. The van der Waals surface area contributed by atoms with Crippen molar-refractivity contribution < 1.29 is 9.18 Å². The van der Waals surface area contributed by atoms with Gasteiger partial charge in [-0.3, -0.25) is 4.79 Å². The number of halogens is 1. The van der Waals surface area contributed by atoms with Gasteiger partial charge in [0.05, 0.1) is 5.69 Å². The van der Waals surface area contributed by atoms with Gasteiger partial charge in [-0.05, 0) is 58.0 Å². The molecule has 2 aromatic rings. The van der Waals surface area contributed by atoms with E-state index in [1.54, 1.807) is 24.3 Å². The van der Waals surface area contributed by atoms with Crippen molar-refractivity contribution in [3.05, 3.63) is 46.5 Å². The van der Waals surface area contributed by atoms with Gasteiger partial charge < -0.3 is 4.90 Å². The van der Waals surface area contributed by atoms with E-state index in [1.165, 1.54) is 23.5 Å². The summed E-state index contributed by atoms with van der Waals surface area (Å²) in [5.74, 6) is -0.286. The Hall–Kier alpha value is -2.01. The third-order valence-electron chi connectivity index (χ3n) is 3.40. The lowest BCUT2D eigenvalue weighted by molar-refractivity contribution is -0.129. The summed E-state index contributed by atoms with van der Waals surface area (Å²) in [6, 6.07) is 6.52. The van der Waals surface area contributed by atoms with Crippen LogP contribution in [0.15, 0.2) is 35.7 Å². The van der Waals surface area contributed by atoms with Crippen LogP contribution in [0.3, 0.4) is 0 Å². The Balaban J connectivity index is 2.12. The molecule has 0 unspecified atom stereocenters. The van der Waals surface area contributed by atoms with Gasteiger partial charge in [0.1, 0.15) is 10.8 Å². The fraction of sp³-hybridized carbons (Fsp3) is 0.333. The first-order chi connectivity index (χ1) is 10.9. The van der Waals surface area contributed by atoms with Gasteiger partial charge in [-0.15, -0.1) is 11.3 Å². The Bertz CT molecular complexity index is 681. The molecule has 23 heavy (non-hydrogen) atoms. The number of nitrogens with zero attached hydrogens (tertiary/aromatic N) is 2. The molecule has 5 heteroatoms. The molecule has 0 atom stereocenters. The van der Waals surface area contributed by atoms with Crippen LogP contribution in [-0.2, 0) is 4.79 Å². The zero-order valence-electron chi connectivity index (χ0n) is 13.8. The molecule has 0 aliphatic heterocycles. The maximum Gasteiger partial charge on any atom is 0.247 e. The minimum atomic E-state index is -0.267. The summed E-state index contributed by atoms with van der Waals surface area (Å²) >= 11 is 1.46. The fourth-order valence-electron chi connectivity index (χ4n) is 2.45. The van der Waals surface area contributed by atoms with Crippen molar-refractivity contribution in [2.24, 2.45) is 0 Å². The highest BCUT2D eigenvalue weighted by molar-refractivity contribution is 7.10. The van der Waals surface area contributed by atoms with Crippen molar-refractivity contribution in [2.45, 2.75) is 39.8 Å². The number of thiazole rings is 1. The SMILES string of the molecule is CC(C)N(C(=O)/C=C/c1nc(-c2ccc(F)cc2)cs1)C(C)C. The molecular formula is C18H21FN2OS. The molecule has 1 amide bonds. The van der Waals surface area contributed by atoms with Crippen LogP contribution >= 0.6 is 11.3 Å². The number of hydrogen-bond donors (Lipinski definition) is 0. The fourth-order valence-corrected chi connectivity index (χ4v) is 3.17. The van der Waals surface area contributed by atoms with E-state index in [0.717, 1.165) is 16.3 Å². The summed E-state index contributed by atoms with van der Waals surface area (Å²) in [7, 11) is 0. The zero-order chi connectivity index (χ0) is 17.0. The number of benzene rings is 1. The molecule has 0 aliphatic rings. The third kappa shape index (κ3) is 4.48. The Morgan fingerprint density at radius 1 is 1.17 bits per heavy atom. The predicted molar refractivity (Wildman–Crippen MR) is 93.7 cm³/mol. The smallest absolute Gasteiger partial charge is 0.247 e.